The molecule has 1 unspecified atom stereocenters. The molecule has 7 heteroatoms. The van der Waals surface area contributed by atoms with Crippen molar-refractivity contribution >= 4 is 21.7 Å². The van der Waals surface area contributed by atoms with Crippen LogP contribution in [0.4, 0.5) is 5.69 Å². The van der Waals surface area contributed by atoms with Gasteiger partial charge in [0.2, 0.25) is 10.0 Å². The van der Waals surface area contributed by atoms with Gasteiger partial charge in [0.05, 0.1) is 11.5 Å². The molecule has 0 amide bonds. The monoisotopic (exact) mass is 310 g/mol. The molecule has 0 fully saturated rings. The van der Waals surface area contributed by atoms with Crippen molar-refractivity contribution in [3.8, 4) is 6.07 Å². The van der Waals surface area contributed by atoms with Crippen LogP contribution in [0.2, 0.25) is 0 Å². The number of sulfonamides is 1. The topological polar surface area (TPSA) is 107 Å². The van der Waals surface area contributed by atoms with E-state index in [1.165, 1.54) is 12.1 Å². The molecule has 2 N–H and O–H groups in total. The molecule has 1 rings (SSSR count). The van der Waals surface area contributed by atoms with Gasteiger partial charge in [0.15, 0.2) is 5.25 Å². The lowest BCUT2D eigenvalue weighted by Crippen LogP contribution is -2.28. The third-order valence-corrected chi connectivity index (χ3v) is 5.00. The number of nitriles is 1. The molecule has 0 heterocycles. The van der Waals surface area contributed by atoms with E-state index in [0.29, 0.717) is 11.3 Å². The molecule has 21 heavy (non-hydrogen) atoms. The van der Waals surface area contributed by atoms with Crippen molar-refractivity contribution in [2.75, 3.05) is 4.72 Å². The van der Waals surface area contributed by atoms with Gasteiger partial charge in [0.25, 0.3) is 0 Å². The molecular weight excluding hydrogens is 292 g/mol. The molecule has 114 valence electrons. The molecular formula is C14H18N2O4S. The highest BCUT2D eigenvalue weighted by molar-refractivity contribution is 7.93. The van der Waals surface area contributed by atoms with Crippen molar-refractivity contribution in [1.82, 2.24) is 0 Å². The van der Waals surface area contributed by atoms with Gasteiger partial charge in [-0.2, -0.15) is 5.26 Å². The number of hydrogen-bond donors (Lipinski definition) is 2. The van der Waals surface area contributed by atoms with Gasteiger partial charge >= 0.3 is 5.97 Å². The second kappa shape index (κ2) is 6.14. The van der Waals surface area contributed by atoms with Gasteiger partial charge in [-0.15, -0.1) is 0 Å². The molecule has 1 aromatic carbocycles. The summed E-state index contributed by atoms with van der Waals surface area (Å²) in [5.41, 5.74) is -0.199. The summed E-state index contributed by atoms with van der Waals surface area (Å²) < 4.78 is 26.2. The number of benzene rings is 1. The van der Waals surface area contributed by atoms with Crippen molar-refractivity contribution in [3.63, 3.8) is 0 Å². The molecule has 0 aliphatic carbocycles. The Labute approximate surface area is 124 Å². The minimum Gasteiger partial charge on any atom is -0.481 e. The molecule has 6 nitrogen and oxygen atoms in total. The highest BCUT2D eigenvalue weighted by Crippen LogP contribution is 2.25. The zero-order chi connectivity index (χ0) is 16.3. The average Bonchev–Trinajstić information content (AvgIpc) is 2.39. The van der Waals surface area contributed by atoms with Gasteiger partial charge in [-0.3, -0.25) is 9.52 Å². The van der Waals surface area contributed by atoms with Gasteiger partial charge in [0, 0.05) is 5.69 Å². The standard InChI is InChI=1S/C14H18N2O4S/c1-4-12(9-15)21(19,20)16-11-7-5-10(6-8-11)14(2,3)13(17)18/h5-8,12,16H,4H2,1-3H3,(H,17,18). The number of anilines is 1. The van der Waals surface area contributed by atoms with Gasteiger partial charge < -0.3 is 5.11 Å². The molecule has 0 saturated heterocycles. The first-order chi connectivity index (χ1) is 9.65. The summed E-state index contributed by atoms with van der Waals surface area (Å²) in [5, 5.41) is 16.8. The Balaban J connectivity index is 3.00. The van der Waals surface area contributed by atoms with Crippen molar-refractivity contribution in [3.05, 3.63) is 29.8 Å². The summed E-state index contributed by atoms with van der Waals surface area (Å²) in [6.07, 6.45) is 0.190. The van der Waals surface area contributed by atoms with Crippen LogP contribution >= 0.6 is 0 Å². The molecule has 0 saturated carbocycles. The van der Waals surface area contributed by atoms with Crippen LogP contribution in [0.3, 0.4) is 0 Å². The predicted octanol–water partition coefficient (Wildman–Crippen LogP) is 2.09. The molecule has 0 spiro atoms. The Morgan fingerprint density at radius 2 is 1.90 bits per heavy atom. The van der Waals surface area contributed by atoms with Gasteiger partial charge in [-0.1, -0.05) is 19.1 Å². The number of carboxylic acids is 1. The number of nitrogens with zero attached hydrogens (tertiary/aromatic N) is 1. The summed E-state index contributed by atoms with van der Waals surface area (Å²) in [6, 6.07) is 7.82. The van der Waals surface area contributed by atoms with Gasteiger partial charge in [-0.25, -0.2) is 8.42 Å². The van der Waals surface area contributed by atoms with Crippen LogP contribution in [0.25, 0.3) is 0 Å². The van der Waals surface area contributed by atoms with E-state index in [2.05, 4.69) is 4.72 Å². The maximum absolute atomic E-state index is 11.9. The fraction of sp³-hybridized carbons (Fsp3) is 0.429. The van der Waals surface area contributed by atoms with Crippen LogP contribution < -0.4 is 4.72 Å². The molecule has 0 aliphatic rings. The van der Waals surface area contributed by atoms with E-state index >= 15 is 0 Å². The summed E-state index contributed by atoms with van der Waals surface area (Å²) in [4.78, 5) is 11.2. The Bertz CT molecular complexity index is 657. The van der Waals surface area contributed by atoms with E-state index in [0.717, 1.165) is 0 Å². The molecule has 0 bridgehead atoms. The first-order valence-corrected chi connectivity index (χ1v) is 7.95. The number of hydrogen-bond acceptors (Lipinski definition) is 4. The largest absolute Gasteiger partial charge is 0.481 e. The molecule has 1 atom stereocenters. The molecule has 0 aliphatic heterocycles. The van der Waals surface area contributed by atoms with Crippen LogP contribution in [0.15, 0.2) is 24.3 Å². The summed E-state index contributed by atoms with van der Waals surface area (Å²) in [7, 11) is -3.77. The Kier molecular flexibility index (Phi) is 4.97. The van der Waals surface area contributed by atoms with E-state index in [4.69, 9.17) is 10.4 Å². The average molecular weight is 310 g/mol. The van der Waals surface area contributed by atoms with Crippen LogP contribution in [-0.4, -0.2) is 24.7 Å². The lowest BCUT2D eigenvalue weighted by atomic mass is 9.85. The second-order valence-electron chi connectivity index (χ2n) is 5.18. The van der Waals surface area contributed by atoms with Gasteiger partial charge in [0.1, 0.15) is 0 Å². The lowest BCUT2D eigenvalue weighted by Gasteiger charge is -2.20. The fourth-order valence-electron chi connectivity index (χ4n) is 1.69. The van der Waals surface area contributed by atoms with E-state index in [9.17, 15) is 13.2 Å². The maximum Gasteiger partial charge on any atom is 0.313 e. The van der Waals surface area contributed by atoms with Crippen LogP contribution in [0, 0.1) is 11.3 Å². The van der Waals surface area contributed by atoms with Gasteiger partial charge in [-0.05, 0) is 38.0 Å². The number of carboxylic acid groups (broad SMARTS) is 1. The molecule has 0 radical (unpaired) electrons. The fourth-order valence-corrected chi connectivity index (χ4v) is 2.88. The number of rotatable bonds is 6. The van der Waals surface area contributed by atoms with Crippen molar-refractivity contribution < 1.29 is 18.3 Å². The maximum atomic E-state index is 11.9. The zero-order valence-electron chi connectivity index (χ0n) is 12.1. The Hall–Kier alpha value is -2.07. The SMILES string of the molecule is CCC(C#N)S(=O)(=O)Nc1ccc(C(C)(C)C(=O)O)cc1. The van der Waals surface area contributed by atoms with Crippen molar-refractivity contribution in [2.45, 2.75) is 37.9 Å². The van der Waals surface area contributed by atoms with Crippen LogP contribution in [-0.2, 0) is 20.2 Å². The Morgan fingerprint density at radius 3 is 2.29 bits per heavy atom. The van der Waals surface area contributed by atoms with Crippen LogP contribution in [0.1, 0.15) is 32.8 Å². The first kappa shape index (κ1) is 17.0. The Morgan fingerprint density at radius 1 is 1.38 bits per heavy atom. The third kappa shape index (κ3) is 3.73. The number of carbonyl (C=O) groups is 1. The van der Waals surface area contributed by atoms with Crippen molar-refractivity contribution in [1.29, 1.82) is 5.26 Å². The molecule has 0 aromatic heterocycles. The minimum absolute atomic E-state index is 0.190. The number of aliphatic carboxylic acids is 1. The summed E-state index contributed by atoms with van der Waals surface area (Å²) >= 11 is 0. The summed E-state index contributed by atoms with van der Waals surface area (Å²) in [6.45, 7) is 4.75. The van der Waals surface area contributed by atoms with Crippen LogP contribution in [0.5, 0.6) is 0 Å². The highest BCUT2D eigenvalue weighted by atomic mass is 32.2. The van der Waals surface area contributed by atoms with E-state index in [1.54, 1.807) is 39.0 Å². The van der Waals surface area contributed by atoms with Crippen molar-refractivity contribution in [2.24, 2.45) is 0 Å². The summed E-state index contributed by atoms with van der Waals surface area (Å²) in [5.74, 6) is -0.966. The minimum atomic E-state index is -3.77. The van der Waals surface area contributed by atoms with E-state index < -0.39 is 26.7 Å². The zero-order valence-corrected chi connectivity index (χ0v) is 12.9. The smallest absolute Gasteiger partial charge is 0.313 e. The van der Waals surface area contributed by atoms with E-state index in [-0.39, 0.29) is 6.42 Å². The predicted molar refractivity (Wildman–Crippen MR) is 79.3 cm³/mol. The van der Waals surface area contributed by atoms with E-state index in [1.807, 2.05) is 0 Å². The lowest BCUT2D eigenvalue weighted by molar-refractivity contribution is -0.142. The second-order valence-corrected chi connectivity index (χ2v) is 7.04. The normalized spacial score (nSPS) is 13.2. The molecule has 1 aromatic rings. The first-order valence-electron chi connectivity index (χ1n) is 6.40. The quantitative estimate of drug-likeness (QED) is 0.836. The third-order valence-electron chi connectivity index (χ3n) is 3.29. The number of nitrogens with one attached hydrogen (secondary N) is 1. The highest BCUT2D eigenvalue weighted by Gasteiger charge is 2.29.